The van der Waals surface area contributed by atoms with Gasteiger partial charge in [0.25, 0.3) is 0 Å². The Balaban J connectivity index is 0.000000791. The topological polar surface area (TPSA) is 42.1 Å². The molecule has 0 aliphatic rings. The number of ether oxygens (including phenoxy) is 1. The molecule has 0 saturated heterocycles. The second kappa shape index (κ2) is 6.65. The zero-order chi connectivity index (χ0) is 11.1. The Morgan fingerprint density at radius 3 is 2.50 bits per heavy atom. The van der Waals surface area contributed by atoms with Gasteiger partial charge in [0.2, 0.25) is 0 Å². The van der Waals surface area contributed by atoms with Gasteiger partial charge in [-0.05, 0) is 35.3 Å². The predicted octanol–water partition coefficient (Wildman–Crippen LogP) is 3.29. The fourth-order valence-electron chi connectivity index (χ4n) is 0.887. The molecular weight excluding hydrogens is 246 g/mol. The minimum absolute atomic E-state index is 0.305. The summed E-state index contributed by atoms with van der Waals surface area (Å²) in [4.78, 5) is 14.0. The first kappa shape index (κ1) is 13.2. The second-order valence-corrected chi connectivity index (χ2v) is 3.21. The van der Waals surface area contributed by atoms with E-state index in [-0.39, 0.29) is 5.97 Å². The van der Waals surface area contributed by atoms with Gasteiger partial charge in [-0.25, -0.2) is 4.79 Å². The first-order valence-electron chi connectivity index (χ1n) is 4.67. The van der Waals surface area contributed by atoms with Crippen LogP contribution in [-0.2, 0) is 4.74 Å². The summed E-state index contributed by atoms with van der Waals surface area (Å²) in [7, 11) is 0. The van der Waals surface area contributed by atoms with E-state index < -0.39 is 0 Å². The SMILES string of the molecule is CC.CCOC(=O)c1[nH]cc(Br)c1C. The number of hydrogen-bond donors (Lipinski definition) is 1. The van der Waals surface area contributed by atoms with Gasteiger partial charge in [0.1, 0.15) is 5.69 Å². The average molecular weight is 262 g/mol. The number of H-pyrrole nitrogens is 1. The first-order chi connectivity index (χ1) is 6.66. The van der Waals surface area contributed by atoms with Crippen LogP contribution in [0.5, 0.6) is 0 Å². The average Bonchev–Trinajstić information content (AvgIpc) is 2.51. The minimum atomic E-state index is -0.305. The van der Waals surface area contributed by atoms with E-state index in [1.54, 1.807) is 13.1 Å². The quantitative estimate of drug-likeness (QED) is 0.831. The molecule has 0 amide bonds. The Morgan fingerprint density at radius 2 is 2.14 bits per heavy atom. The van der Waals surface area contributed by atoms with Gasteiger partial charge in [0, 0.05) is 10.7 Å². The minimum Gasteiger partial charge on any atom is -0.461 e. The lowest BCUT2D eigenvalue weighted by Gasteiger charge is -1.99. The smallest absolute Gasteiger partial charge is 0.355 e. The molecule has 0 aliphatic heterocycles. The molecule has 0 radical (unpaired) electrons. The Morgan fingerprint density at radius 1 is 1.57 bits per heavy atom. The summed E-state index contributed by atoms with van der Waals surface area (Å²) >= 11 is 3.30. The number of carbonyl (C=O) groups is 1. The number of nitrogens with one attached hydrogen (secondary N) is 1. The lowest BCUT2D eigenvalue weighted by atomic mass is 10.3. The number of aromatic amines is 1. The number of carbonyl (C=O) groups excluding carboxylic acids is 1. The molecule has 1 rings (SSSR count). The summed E-state index contributed by atoms with van der Waals surface area (Å²) in [6.45, 7) is 8.03. The van der Waals surface area contributed by atoms with Gasteiger partial charge in [-0.15, -0.1) is 0 Å². The van der Waals surface area contributed by atoms with Crippen LogP contribution in [0.4, 0.5) is 0 Å². The largest absolute Gasteiger partial charge is 0.461 e. The monoisotopic (exact) mass is 261 g/mol. The van der Waals surface area contributed by atoms with Crippen molar-refractivity contribution in [1.82, 2.24) is 4.98 Å². The third-order valence-corrected chi connectivity index (χ3v) is 2.38. The summed E-state index contributed by atoms with van der Waals surface area (Å²) in [5.74, 6) is -0.305. The molecular formula is C10H16BrNO2. The van der Waals surface area contributed by atoms with Crippen LogP contribution in [0.1, 0.15) is 36.8 Å². The zero-order valence-corrected chi connectivity index (χ0v) is 10.6. The van der Waals surface area contributed by atoms with Crippen molar-refractivity contribution in [3.05, 3.63) is 21.9 Å². The maximum atomic E-state index is 11.2. The van der Waals surface area contributed by atoms with Gasteiger partial charge in [0.05, 0.1) is 6.61 Å². The van der Waals surface area contributed by atoms with Gasteiger partial charge in [0.15, 0.2) is 0 Å². The van der Waals surface area contributed by atoms with Crippen LogP contribution in [0.15, 0.2) is 10.7 Å². The molecule has 1 aromatic heterocycles. The summed E-state index contributed by atoms with van der Waals surface area (Å²) in [6.07, 6.45) is 1.72. The van der Waals surface area contributed by atoms with E-state index in [0.29, 0.717) is 12.3 Å². The first-order valence-corrected chi connectivity index (χ1v) is 5.46. The third kappa shape index (κ3) is 3.18. The summed E-state index contributed by atoms with van der Waals surface area (Å²) in [6, 6.07) is 0. The molecule has 1 aromatic rings. The number of hydrogen-bond acceptors (Lipinski definition) is 2. The Kier molecular flexibility index (Phi) is 6.28. The van der Waals surface area contributed by atoms with Crippen LogP contribution in [0.2, 0.25) is 0 Å². The zero-order valence-electron chi connectivity index (χ0n) is 8.98. The molecule has 80 valence electrons. The molecule has 0 unspecified atom stereocenters. The van der Waals surface area contributed by atoms with Crippen molar-refractivity contribution < 1.29 is 9.53 Å². The van der Waals surface area contributed by atoms with Crippen LogP contribution in [0.25, 0.3) is 0 Å². The highest BCUT2D eigenvalue weighted by Crippen LogP contribution is 2.19. The standard InChI is InChI=1S/C8H10BrNO2.C2H6/c1-3-12-8(11)7-5(2)6(9)4-10-7;1-2/h4,10H,3H2,1-2H3;1-2H3. The van der Waals surface area contributed by atoms with E-state index in [1.807, 2.05) is 20.8 Å². The van der Waals surface area contributed by atoms with E-state index in [0.717, 1.165) is 10.0 Å². The van der Waals surface area contributed by atoms with E-state index in [2.05, 4.69) is 20.9 Å². The fraction of sp³-hybridized carbons (Fsp3) is 0.500. The Labute approximate surface area is 93.0 Å². The third-order valence-electron chi connectivity index (χ3n) is 1.56. The molecule has 0 bridgehead atoms. The van der Waals surface area contributed by atoms with Gasteiger partial charge in [-0.2, -0.15) is 0 Å². The van der Waals surface area contributed by atoms with Crippen molar-refractivity contribution in [3.63, 3.8) is 0 Å². The highest BCUT2D eigenvalue weighted by atomic mass is 79.9. The molecule has 0 aromatic carbocycles. The summed E-state index contributed by atoms with van der Waals surface area (Å²) in [5.41, 5.74) is 1.40. The Bertz CT molecular complexity index is 294. The maximum Gasteiger partial charge on any atom is 0.355 e. The van der Waals surface area contributed by atoms with Gasteiger partial charge in [-0.3, -0.25) is 0 Å². The highest BCUT2D eigenvalue weighted by Gasteiger charge is 2.13. The van der Waals surface area contributed by atoms with Crippen molar-refractivity contribution in [2.24, 2.45) is 0 Å². The number of aromatic nitrogens is 1. The van der Waals surface area contributed by atoms with Crippen LogP contribution < -0.4 is 0 Å². The van der Waals surface area contributed by atoms with Gasteiger partial charge >= 0.3 is 5.97 Å². The molecule has 14 heavy (non-hydrogen) atoms. The molecule has 0 saturated carbocycles. The highest BCUT2D eigenvalue weighted by molar-refractivity contribution is 9.10. The van der Waals surface area contributed by atoms with Crippen molar-refractivity contribution >= 4 is 21.9 Å². The molecule has 0 spiro atoms. The molecule has 1 N–H and O–H groups in total. The molecule has 0 atom stereocenters. The van der Waals surface area contributed by atoms with Crippen molar-refractivity contribution in [2.45, 2.75) is 27.7 Å². The molecule has 1 heterocycles. The number of esters is 1. The van der Waals surface area contributed by atoms with E-state index >= 15 is 0 Å². The maximum absolute atomic E-state index is 11.2. The summed E-state index contributed by atoms with van der Waals surface area (Å²) < 4.78 is 5.73. The lowest BCUT2D eigenvalue weighted by molar-refractivity contribution is 0.0519. The van der Waals surface area contributed by atoms with Crippen molar-refractivity contribution in [1.29, 1.82) is 0 Å². The van der Waals surface area contributed by atoms with E-state index in [1.165, 1.54) is 0 Å². The Hall–Kier alpha value is -0.770. The van der Waals surface area contributed by atoms with Crippen molar-refractivity contribution in [3.8, 4) is 0 Å². The van der Waals surface area contributed by atoms with E-state index in [4.69, 9.17) is 4.74 Å². The van der Waals surface area contributed by atoms with Crippen LogP contribution >= 0.6 is 15.9 Å². The number of rotatable bonds is 2. The molecule has 0 aliphatic carbocycles. The van der Waals surface area contributed by atoms with Crippen molar-refractivity contribution in [2.75, 3.05) is 6.61 Å². The van der Waals surface area contributed by atoms with Gasteiger partial charge < -0.3 is 9.72 Å². The normalized spacial score (nSPS) is 8.93. The fourth-order valence-corrected chi connectivity index (χ4v) is 1.20. The van der Waals surface area contributed by atoms with E-state index in [9.17, 15) is 4.79 Å². The van der Waals surface area contributed by atoms with Crippen LogP contribution in [0.3, 0.4) is 0 Å². The second-order valence-electron chi connectivity index (χ2n) is 2.36. The number of halogens is 1. The summed E-state index contributed by atoms with van der Waals surface area (Å²) in [5, 5.41) is 0. The van der Waals surface area contributed by atoms with Gasteiger partial charge in [-0.1, -0.05) is 13.8 Å². The lowest BCUT2D eigenvalue weighted by Crippen LogP contribution is -2.06. The van der Waals surface area contributed by atoms with Crippen LogP contribution in [-0.4, -0.2) is 17.6 Å². The molecule has 0 fully saturated rings. The van der Waals surface area contributed by atoms with Crippen LogP contribution in [0, 0.1) is 6.92 Å². The predicted molar refractivity (Wildman–Crippen MR) is 60.5 cm³/mol. The molecule has 3 nitrogen and oxygen atoms in total. The molecule has 4 heteroatoms.